The number of halogens is 5. The van der Waals surface area contributed by atoms with Gasteiger partial charge in [0.2, 0.25) is 0 Å². The van der Waals surface area contributed by atoms with Crippen molar-refractivity contribution in [2.45, 2.75) is 55.8 Å². The van der Waals surface area contributed by atoms with Crippen molar-refractivity contribution in [1.29, 1.82) is 0 Å². The van der Waals surface area contributed by atoms with Crippen molar-refractivity contribution in [3.8, 4) is 17.2 Å². The number of anilines is 2. The predicted molar refractivity (Wildman–Crippen MR) is 145 cm³/mol. The minimum Gasteiger partial charge on any atom is -0.496 e. The van der Waals surface area contributed by atoms with Gasteiger partial charge in [0.05, 0.1) is 59.3 Å². The molecular formula is C28H23F5N4O6S. The number of thiazole rings is 1. The van der Waals surface area contributed by atoms with Crippen LogP contribution in [0.5, 0.6) is 17.2 Å². The van der Waals surface area contributed by atoms with Gasteiger partial charge in [0, 0.05) is 11.6 Å². The van der Waals surface area contributed by atoms with Gasteiger partial charge in [-0.25, -0.2) is 4.98 Å². The number of methoxy groups -OCH3 is 1. The number of ether oxygens (including phenoxy) is 4. The molecule has 3 aliphatic heterocycles. The molecule has 4 bridgehead atoms. The van der Waals surface area contributed by atoms with Gasteiger partial charge in [0.25, 0.3) is 11.8 Å². The normalized spacial score (nSPS) is 28.9. The number of rotatable bonds is 6. The molecule has 3 aliphatic carbocycles. The molecule has 2 aromatic carbocycles. The molecule has 3 aromatic rings. The van der Waals surface area contributed by atoms with E-state index in [1.165, 1.54) is 18.4 Å². The first-order valence-corrected chi connectivity index (χ1v) is 14.6. The summed E-state index contributed by atoms with van der Waals surface area (Å²) in [4.78, 5) is 34.2. The highest BCUT2D eigenvalue weighted by atomic mass is 32.1. The van der Waals surface area contributed by atoms with Crippen LogP contribution in [-0.2, 0) is 4.74 Å². The highest BCUT2D eigenvalue weighted by Crippen LogP contribution is 2.73. The van der Waals surface area contributed by atoms with Crippen LogP contribution in [0.4, 0.5) is 32.8 Å². The summed E-state index contributed by atoms with van der Waals surface area (Å²) in [5.74, 6) is -2.26. The fourth-order valence-electron chi connectivity index (χ4n) is 7.11. The minimum atomic E-state index is -4.39. The zero-order valence-electron chi connectivity index (χ0n) is 22.8. The number of amides is 2. The molecule has 0 radical (unpaired) electrons. The van der Waals surface area contributed by atoms with E-state index in [0.717, 1.165) is 18.6 Å². The van der Waals surface area contributed by atoms with Crippen LogP contribution >= 0.6 is 11.3 Å². The summed E-state index contributed by atoms with van der Waals surface area (Å²) in [5.41, 5.74) is -2.73. The second-order valence-corrected chi connectivity index (χ2v) is 13.0. The molecule has 6 aliphatic rings. The van der Waals surface area contributed by atoms with E-state index in [-0.39, 0.29) is 53.9 Å². The number of nitrogens with one attached hydrogen (secondary N) is 2. The SMILES string of the molecule is COc1ccc2nc(N3C4COCC3C4)sc2c1C(=O)Nc1cc2c(cc1C(=O)NC13CC(C(F)(F)F)(C1)C3)OC(F)(F)O2. The van der Waals surface area contributed by atoms with Crippen LogP contribution in [-0.4, -0.2) is 67.2 Å². The van der Waals surface area contributed by atoms with Crippen LogP contribution < -0.4 is 29.7 Å². The molecule has 2 saturated heterocycles. The number of aromatic nitrogens is 1. The Morgan fingerprint density at radius 3 is 2.39 bits per heavy atom. The summed E-state index contributed by atoms with van der Waals surface area (Å²) in [6.07, 6.45) is -8.26. The highest BCUT2D eigenvalue weighted by molar-refractivity contribution is 7.22. The lowest BCUT2D eigenvalue weighted by Gasteiger charge is -2.70. The summed E-state index contributed by atoms with van der Waals surface area (Å²) in [7, 11) is 1.39. The molecule has 16 heteroatoms. The fourth-order valence-corrected chi connectivity index (χ4v) is 8.35. The lowest BCUT2D eigenvalue weighted by molar-refractivity contribution is -0.336. The lowest BCUT2D eigenvalue weighted by atomic mass is 9.39. The molecule has 2 amide bonds. The number of hydrogen-bond acceptors (Lipinski definition) is 9. The summed E-state index contributed by atoms with van der Waals surface area (Å²) < 4.78 is 88.5. The fraction of sp³-hybridized carbons (Fsp3) is 0.464. The highest BCUT2D eigenvalue weighted by Gasteiger charge is 2.79. The Hall–Kier alpha value is -3.92. The van der Waals surface area contributed by atoms with Gasteiger partial charge in [-0.3, -0.25) is 9.59 Å². The van der Waals surface area contributed by atoms with E-state index < -0.39 is 46.7 Å². The Labute approximate surface area is 249 Å². The molecule has 3 saturated carbocycles. The van der Waals surface area contributed by atoms with Gasteiger partial charge in [-0.15, -0.1) is 8.78 Å². The van der Waals surface area contributed by atoms with E-state index in [1.54, 1.807) is 12.1 Å². The molecule has 1 aromatic heterocycles. The van der Waals surface area contributed by atoms with Crippen molar-refractivity contribution in [3.05, 3.63) is 35.4 Å². The van der Waals surface area contributed by atoms with Crippen LogP contribution in [0.25, 0.3) is 10.2 Å². The number of fused-ring (bicyclic) bond motifs is 4. The van der Waals surface area contributed by atoms with Gasteiger partial charge in [-0.1, -0.05) is 11.3 Å². The Kier molecular flexibility index (Phi) is 5.55. The van der Waals surface area contributed by atoms with E-state index in [4.69, 9.17) is 14.5 Å². The average Bonchev–Trinajstić information content (AvgIpc) is 3.46. The van der Waals surface area contributed by atoms with Crippen molar-refractivity contribution in [1.82, 2.24) is 10.3 Å². The maximum atomic E-state index is 13.9. The first-order valence-electron chi connectivity index (χ1n) is 13.8. The summed E-state index contributed by atoms with van der Waals surface area (Å²) >= 11 is 1.29. The Morgan fingerprint density at radius 1 is 1.07 bits per heavy atom. The number of nitrogens with zero attached hydrogens (tertiary/aromatic N) is 2. The zero-order valence-corrected chi connectivity index (χ0v) is 23.7. The first-order chi connectivity index (χ1) is 20.8. The van der Waals surface area contributed by atoms with Gasteiger partial charge >= 0.3 is 12.5 Å². The Bertz CT molecular complexity index is 1730. The van der Waals surface area contributed by atoms with Gasteiger partial charge in [0.15, 0.2) is 16.6 Å². The van der Waals surface area contributed by atoms with Crippen LogP contribution in [0.2, 0.25) is 0 Å². The van der Waals surface area contributed by atoms with Crippen molar-refractivity contribution >= 4 is 44.2 Å². The van der Waals surface area contributed by atoms with Crippen molar-refractivity contribution in [3.63, 3.8) is 0 Å². The second kappa shape index (κ2) is 8.84. The van der Waals surface area contributed by atoms with Crippen molar-refractivity contribution in [2.24, 2.45) is 5.41 Å². The van der Waals surface area contributed by atoms with Gasteiger partial charge < -0.3 is 34.5 Å². The largest absolute Gasteiger partial charge is 0.586 e. The number of morpholine rings is 1. The summed E-state index contributed by atoms with van der Waals surface area (Å²) in [6, 6.07) is 5.67. The summed E-state index contributed by atoms with van der Waals surface area (Å²) in [5, 5.41) is 5.94. The number of carbonyl (C=O) groups excluding carboxylic acids is 2. The maximum Gasteiger partial charge on any atom is 0.586 e. The van der Waals surface area contributed by atoms with Crippen molar-refractivity contribution < 1.29 is 50.5 Å². The molecule has 44 heavy (non-hydrogen) atoms. The molecule has 10 nitrogen and oxygen atoms in total. The van der Waals surface area contributed by atoms with E-state index in [1.807, 2.05) is 0 Å². The summed E-state index contributed by atoms with van der Waals surface area (Å²) in [6.45, 7) is 1.16. The third-order valence-electron chi connectivity index (χ3n) is 9.17. The minimum absolute atomic E-state index is 0.108. The van der Waals surface area contributed by atoms with Gasteiger partial charge in [0.1, 0.15) is 11.3 Å². The van der Waals surface area contributed by atoms with Crippen LogP contribution in [0.3, 0.4) is 0 Å². The first kappa shape index (κ1) is 27.6. The molecule has 2 N–H and O–H groups in total. The van der Waals surface area contributed by atoms with E-state index in [2.05, 4.69) is 25.0 Å². The van der Waals surface area contributed by atoms with Crippen LogP contribution in [0.1, 0.15) is 46.4 Å². The lowest BCUT2D eigenvalue weighted by Crippen LogP contribution is -2.78. The molecule has 2 atom stereocenters. The quantitative estimate of drug-likeness (QED) is 0.360. The van der Waals surface area contributed by atoms with Crippen molar-refractivity contribution in [2.75, 3.05) is 30.5 Å². The smallest absolute Gasteiger partial charge is 0.496 e. The maximum absolute atomic E-state index is 13.9. The Balaban J connectivity index is 1.12. The molecule has 4 heterocycles. The number of hydrogen-bond donors (Lipinski definition) is 2. The molecule has 232 valence electrons. The van der Waals surface area contributed by atoms with Crippen LogP contribution in [0, 0.1) is 5.41 Å². The molecule has 5 fully saturated rings. The average molecular weight is 639 g/mol. The molecule has 2 unspecified atom stereocenters. The predicted octanol–water partition coefficient (Wildman–Crippen LogP) is 5.07. The topological polar surface area (TPSA) is 111 Å². The van der Waals surface area contributed by atoms with Crippen LogP contribution in [0.15, 0.2) is 24.3 Å². The van der Waals surface area contributed by atoms with E-state index in [9.17, 15) is 31.5 Å². The van der Waals surface area contributed by atoms with E-state index in [0.29, 0.717) is 28.6 Å². The second-order valence-electron chi connectivity index (χ2n) is 12.0. The zero-order chi connectivity index (χ0) is 30.8. The van der Waals surface area contributed by atoms with Gasteiger partial charge in [-0.2, -0.15) is 13.2 Å². The molecular weight excluding hydrogens is 615 g/mol. The molecule has 9 rings (SSSR count). The third-order valence-corrected chi connectivity index (χ3v) is 10.3. The number of alkyl halides is 5. The monoisotopic (exact) mass is 638 g/mol. The standard InChI is InChI=1S/C28H23F5N4O6S/c1-40-17-3-2-15-21(44-24(35-15)37-12-4-13(37)8-41-7-12)20(17)23(39)34-16-6-19-18(42-28(32,33)43-19)5-14(16)22(38)36-26-9-25(10-26,11-26)27(29,30)31/h2-3,5-6,12-13H,4,7-11H2,1H3,(H,34,39)(H,36,38). The Morgan fingerprint density at radius 2 is 1.75 bits per heavy atom. The van der Waals surface area contributed by atoms with Gasteiger partial charge in [-0.05, 0) is 43.9 Å². The number of benzene rings is 2. The molecule has 0 spiro atoms. The third kappa shape index (κ3) is 3.95. The van der Waals surface area contributed by atoms with E-state index >= 15 is 0 Å². The number of carbonyl (C=O) groups is 2.